The van der Waals surface area contributed by atoms with Gasteiger partial charge in [0.2, 0.25) is 0 Å². The molecule has 0 aliphatic heterocycles. The molecule has 0 bridgehead atoms. The molecule has 0 aliphatic rings. The maximum absolute atomic E-state index is 12.2. The molecule has 7 heteroatoms. The highest BCUT2D eigenvalue weighted by atomic mass is 35.5. The monoisotopic (exact) mass is 358 g/mol. The first-order valence-electron chi connectivity index (χ1n) is 7.33. The molecular weight excluding hydrogens is 335 g/mol. The fraction of sp³-hybridized carbons (Fsp3) is 0.375. The summed E-state index contributed by atoms with van der Waals surface area (Å²) >= 11 is 0. The van der Waals surface area contributed by atoms with Crippen molar-refractivity contribution in [2.24, 2.45) is 0 Å². The number of carbonyl (C=O) groups excluding carboxylic acids is 1. The number of likely N-dealkylation sites (N-methyl/N-ethyl adjacent to an activating group) is 1. The number of hydrogen-bond acceptors (Lipinski definition) is 3. The molecule has 2 aromatic rings. The Bertz CT molecular complexity index is 571. The number of hydrogen-bond donors (Lipinski definition) is 1. The fourth-order valence-electron chi connectivity index (χ4n) is 2.19. The maximum atomic E-state index is 12.2. The Hall–Kier alpha value is -1.56. The van der Waals surface area contributed by atoms with E-state index in [0.29, 0.717) is 12.1 Å². The van der Waals surface area contributed by atoms with E-state index in [2.05, 4.69) is 29.0 Å². The van der Waals surface area contributed by atoms with Gasteiger partial charge >= 0.3 is 0 Å². The van der Waals surface area contributed by atoms with Gasteiger partial charge in [0.15, 0.2) is 0 Å². The van der Waals surface area contributed by atoms with Crippen LogP contribution in [0.2, 0.25) is 0 Å². The van der Waals surface area contributed by atoms with E-state index in [1.165, 1.54) is 0 Å². The Morgan fingerprint density at radius 3 is 2.61 bits per heavy atom. The number of amides is 1. The van der Waals surface area contributed by atoms with E-state index in [1.54, 1.807) is 12.5 Å². The van der Waals surface area contributed by atoms with Gasteiger partial charge in [0.05, 0.1) is 6.33 Å². The normalized spacial score (nSPS) is 9.87. The van der Waals surface area contributed by atoms with Crippen LogP contribution in [0, 0.1) is 0 Å². The van der Waals surface area contributed by atoms with Crippen LogP contribution in [0.15, 0.2) is 43.0 Å². The molecule has 0 atom stereocenters. The molecule has 1 N–H and O–H groups in total. The molecule has 128 valence electrons. The number of halogens is 2. The van der Waals surface area contributed by atoms with Crippen molar-refractivity contribution < 1.29 is 4.79 Å². The van der Waals surface area contributed by atoms with Crippen LogP contribution >= 0.6 is 24.8 Å². The molecule has 0 unspecified atom stereocenters. The molecule has 1 aromatic heterocycles. The molecule has 23 heavy (non-hydrogen) atoms. The number of benzene rings is 1. The summed E-state index contributed by atoms with van der Waals surface area (Å²) in [5.74, 6) is -0.0379. The topological polar surface area (TPSA) is 50.2 Å². The van der Waals surface area contributed by atoms with Crippen LogP contribution in [0.3, 0.4) is 0 Å². The molecule has 0 saturated heterocycles. The Kier molecular flexibility index (Phi) is 10.3. The van der Waals surface area contributed by atoms with Gasteiger partial charge in [-0.05, 0) is 31.3 Å². The predicted octanol–water partition coefficient (Wildman–Crippen LogP) is 2.79. The molecule has 0 aliphatic carbocycles. The van der Waals surface area contributed by atoms with Gasteiger partial charge in [-0.2, -0.15) is 0 Å². The lowest BCUT2D eigenvalue weighted by Crippen LogP contribution is -2.34. The summed E-state index contributed by atoms with van der Waals surface area (Å²) in [6.45, 7) is 7.79. The number of aromatic nitrogens is 2. The average molecular weight is 359 g/mol. The van der Waals surface area contributed by atoms with Gasteiger partial charge in [0, 0.05) is 36.7 Å². The molecular formula is C16H24Cl2N4O. The number of nitrogens with zero attached hydrogens (tertiary/aromatic N) is 3. The lowest BCUT2D eigenvalue weighted by molar-refractivity contribution is 0.0949. The number of rotatable bonds is 7. The first-order chi connectivity index (χ1) is 10.2. The molecule has 0 spiro atoms. The van der Waals surface area contributed by atoms with Gasteiger partial charge < -0.3 is 14.8 Å². The zero-order valence-corrected chi connectivity index (χ0v) is 15.1. The van der Waals surface area contributed by atoms with Crippen molar-refractivity contribution in [1.29, 1.82) is 0 Å². The Labute approximate surface area is 149 Å². The summed E-state index contributed by atoms with van der Waals surface area (Å²) in [6.07, 6.45) is 5.30. The predicted molar refractivity (Wildman–Crippen MR) is 98.2 cm³/mol. The number of imidazole rings is 1. The van der Waals surface area contributed by atoms with Crippen molar-refractivity contribution in [2.45, 2.75) is 13.8 Å². The quantitative estimate of drug-likeness (QED) is 0.827. The second-order valence-corrected chi connectivity index (χ2v) is 4.80. The van der Waals surface area contributed by atoms with E-state index < -0.39 is 0 Å². The standard InChI is InChI=1S/C16H22N4O.2ClH/c1-3-19(4-2)10-9-18-16(21)14-6-5-7-15(12-14)20-11-8-17-13-20;;/h5-8,11-13H,3-4,9-10H2,1-2H3,(H,18,21);2*1H. The van der Waals surface area contributed by atoms with Crippen LogP contribution in [0.5, 0.6) is 0 Å². The fourth-order valence-corrected chi connectivity index (χ4v) is 2.19. The van der Waals surface area contributed by atoms with Crippen molar-refractivity contribution in [2.75, 3.05) is 26.2 Å². The SMILES string of the molecule is CCN(CC)CCNC(=O)c1cccc(-n2ccnc2)c1.Cl.Cl. The van der Waals surface area contributed by atoms with E-state index in [-0.39, 0.29) is 30.7 Å². The second kappa shape index (κ2) is 11.0. The van der Waals surface area contributed by atoms with Gasteiger partial charge in [0.25, 0.3) is 5.91 Å². The highest BCUT2D eigenvalue weighted by Gasteiger charge is 2.07. The Balaban J connectivity index is 0.00000242. The summed E-state index contributed by atoms with van der Waals surface area (Å²) in [6, 6.07) is 7.53. The van der Waals surface area contributed by atoms with Crippen molar-refractivity contribution in [1.82, 2.24) is 19.8 Å². The Morgan fingerprint density at radius 1 is 1.26 bits per heavy atom. The number of carbonyl (C=O) groups is 1. The minimum atomic E-state index is -0.0379. The van der Waals surface area contributed by atoms with Gasteiger partial charge in [0.1, 0.15) is 0 Å². The number of nitrogens with one attached hydrogen (secondary N) is 1. The van der Waals surface area contributed by atoms with Crippen molar-refractivity contribution in [3.8, 4) is 5.69 Å². The van der Waals surface area contributed by atoms with Gasteiger partial charge in [-0.15, -0.1) is 24.8 Å². The summed E-state index contributed by atoms with van der Waals surface area (Å²) in [7, 11) is 0. The maximum Gasteiger partial charge on any atom is 0.251 e. The highest BCUT2D eigenvalue weighted by molar-refractivity contribution is 5.94. The zero-order chi connectivity index (χ0) is 15.1. The first-order valence-corrected chi connectivity index (χ1v) is 7.33. The van der Waals surface area contributed by atoms with E-state index in [1.807, 2.05) is 35.0 Å². The third-order valence-electron chi connectivity index (χ3n) is 3.52. The van der Waals surface area contributed by atoms with Crippen molar-refractivity contribution in [3.05, 3.63) is 48.5 Å². The zero-order valence-electron chi connectivity index (χ0n) is 13.4. The van der Waals surface area contributed by atoms with Gasteiger partial charge in [-0.3, -0.25) is 4.79 Å². The minimum absolute atomic E-state index is 0. The molecule has 5 nitrogen and oxygen atoms in total. The van der Waals surface area contributed by atoms with Crippen LogP contribution < -0.4 is 5.32 Å². The smallest absolute Gasteiger partial charge is 0.251 e. The first kappa shape index (κ1) is 21.4. The van der Waals surface area contributed by atoms with E-state index in [4.69, 9.17) is 0 Å². The van der Waals surface area contributed by atoms with Gasteiger partial charge in [-0.25, -0.2) is 4.98 Å². The molecule has 0 fully saturated rings. The molecule has 1 amide bonds. The van der Waals surface area contributed by atoms with E-state index in [9.17, 15) is 4.79 Å². The Morgan fingerprint density at radius 2 is 2.00 bits per heavy atom. The van der Waals surface area contributed by atoms with Crippen LogP contribution in [-0.2, 0) is 0 Å². The van der Waals surface area contributed by atoms with Crippen LogP contribution in [-0.4, -0.2) is 46.5 Å². The third-order valence-corrected chi connectivity index (χ3v) is 3.52. The van der Waals surface area contributed by atoms with Crippen molar-refractivity contribution in [3.63, 3.8) is 0 Å². The molecule has 1 heterocycles. The molecule has 0 saturated carbocycles. The highest BCUT2D eigenvalue weighted by Crippen LogP contribution is 2.10. The summed E-state index contributed by atoms with van der Waals surface area (Å²) in [4.78, 5) is 18.5. The summed E-state index contributed by atoms with van der Waals surface area (Å²) in [5, 5.41) is 2.97. The summed E-state index contributed by atoms with van der Waals surface area (Å²) in [5.41, 5.74) is 1.60. The molecule has 2 rings (SSSR count). The van der Waals surface area contributed by atoms with E-state index in [0.717, 1.165) is 25.3 Å². The lowest BCUT2D eigenvalue weighted by atomic mass is 10.2. The van der Waals surface area contributed by atoms with Crippen LogP contribution in [0.4, 0.5) is 0 Å². The van der Waals surface area contributed by atoms with Crippen LogP contribution in [0.1, 0.15) is 24.2 Å². The van der Waals surface area contributed by atoms with Crippen LogP contribution in [0.25, 0.3) is 5.69 Å². The van der Waals surface area contributed by atoms with Crippen molar-refractivity contribution >= 4 is 30.7 Å². The van der Waals surface area contributed by atoms with Gasteiger partial charge in [-0.1, -0.05) is 19.9 Å². The largest absolute Gasteiger partial charge is 0.351 e. The molecule has 0 radical (unpaired) electrons. The third kappa shape index (κ3) is 6.22. The lowest BCUT2D eigenvalue weighted by Gasteiger charge is -2.18. The minimum Gasteiger partial charge on any atom is -0.351 e. The second-order valence-electron chi connectivity index (χ2n) is 4.80. The average Bonchev–Trinajstić information content (AvgIpc) is 3.06. The molecule has 1 aromatic carbocycles. The van der Waals surface area contributed by atoms with E-state index >= 15 is 0 Å². The summed E-state index contributed by atoms with van der Waals surface area (Å²) < 4.78 is 1.88.